The van der Waals surface area contributed by atoms with Crippen molar-refractivity contribution in [2.24, 2.45) is 0 Å². The van der Waals surface area contributed by atoms with Crippen LogP contribution in [0.1, 0.15) is 92.9 Å². The molecule has 13 heteroatoms. The maximum absolute atomic E-state index is 13.6. The van der Waals surface area contributed by atoms with E-state index in [4.69, 9.17) is 42.6 Å². The molecule has 0 saturated carbocycles. The highest BCUT2D eigenvalue weighted by atomic mass is 16.5. The Labute approximate surface area is 588 Å². The first-order valence-electron chi connectivity index (χ1n) is 32.8. The highest BCUT2D eigenvalue weighted by Gasteiger charge is 2.34. The molecule has 0 spiro atoms. The zero-order chi connectivity index (χ0) is 69.6. The molecule has 0 N–H and O–H groups in total. The summed E-state index contributed by atoms with van der Waals surface area (Å²) in [6.07, 6.45) is 0. The smallest absolute Gasteiger partial charge is 0.384 e. The van der Waals surface area contributed by atoms with E-state index in [1.807, 2.05) is 185 Å². The lowest BCUT2D eigenvalue weighted by Gasteiger charge is -2.23. The van der Waals surface area contributed by atoms with Gasteiger partial charge < -0.3 is 42.6 Å². The second-order valence-corrected chi connectivity index (χ2v) is 22.7. The van der Waals surface area contributed by atoms with Gasteiger partial charge in [-0.3, -0.25) is 0 Å². The maximum Gasteiger partial charge on any atom is 0.384 e. The topological polar surface area (TPSA) is 134 Å². The fourth-order valence-electron chi connectivity index (χ4n) is 12.6. The van der Waals surface area contributed by atoms with Gasteiger partial charge in [0.05, 0.1) is 84.3 Å². The predicted molar refractivity (Wildman–Crippen MR) is 398 cm³/mol. The number of fused-ring (bicyclic) bond motifs is 5. The molecule has 2 aliphatic rings. The Bertz CT molecular complexity index is 4930. The van der Waals surface area contributed by atoms with Crippen molar-refractivity contribution in [2.75, 3.05) is 54.4 Å². The van der Waals surface area contributed by atoms with Crippen LogP contribution >= 0.6 is 0 Å². The summed E-state index contributed by atoms with van der Waals surface area (Å²) in [6, 6.07) is 66.1. The van der Waals surface area contributed by atoms with Crippen LogP contribution < -0.4 is 14.2 Å². The average molecular weight is 1330 g/mol. The lowest BCUT2D eigenvalue weighted by molar-refractivity contribution is -0.136. The van der Waals surface area contributed by atoms with Crippen LogP contribution in [0, 0.1) is 49.4 Å². The van der Waals surface area contributed by atoms with Gasteiger partial charge in [-0.25, -0.2) is 14.4 Å². The summed E-state index contributed by atoms with van der Waals surface area (Å²) in [4.78, 5) is 38.4. The zero-order valence-electron chi connectivity index (χ0n) is 57.9. The number of esters is 3. The summed E-state index contributed by atoms with van der Waals surface area (Å²) in [5.41, 5.74) is 16.6. The quantitative estimate of drug-likeness (QED) is 0.0337. The molecule has 0 aliphatic carbocycles. The second kappa shape index (κ2) is 35.8. The highest BCUT2D eigenvalue weighted by Crippen LogP contribution is 2.51. The lowest BCUT2D eigenvalue weighted by Crippen LogP contribution is -2.13. The van der Waals surface area contributed by atoms with Crippen LogP contribution in [0.5, 0.6) is 17.2 Å². The van der Waals surface area contributed by atoms with Crippen LogP contribution in [0.15, 0.2) is 200 Å². The van der Waals surface area contributed by atoms with Gasteiger partial charge in [0.15, 0.2) is 0 Å². The fourth-order valence-corrected chi connectivity index (χ4v) is 12.6. The zero-order valence-corrected chi connectivity index (χ0v) is 57.9. The monoisotopic (exact) mass is 1330 g/mol. The van der Waals surface area contributed by atoms with Gasteiger partial charge in [0.25, 0.3) is 0 Å². The van der Waals surface area contributed by atoms with Gasteiger partial charge in [-0.05, 0) is 149 Å². The minimum Gasteiger partial charge on any atom is -0.496 e. The maximum atomic E-state index is 13.6. The fraction of sp³-hybridized carbons (Fsp3) is 0.207. The van der Waals surface area contributed by atoms with E-state index in [1.54, 1.807) is 35.2 Å². The molecule has 11 aromatic carbocycles. The first-order chi connectivity index (χ1) is 48.5. The van der Waals surface area contributed by atoms with Gasteiger partial charge in [0, 0.05) is 53.1 Å². The third kappa shape index (κ3) is 16.4. The Balaban J connectivity index is 0.000000164. The van der Waals surface area contributed by atoms with Crippen LogP contribution in [-0.4, -0.2) is 80.7 Å². The molecule has 13 rings (SSSR count). The van der Waals surface area contributed by atoms with Crippen LogP contribution in [0.25, 0.3) is 76.8 Å². The number of carbonyl (C=O) groups is 3. The van der Waals surface area contributed by atoms with Gasteiger partial charge in [-0.15, -0.1) is 5.92 Å². The molecule has 0 fully saturated rings. The minimum absolute atomic E-state index is 0. The van der Waals surface area contributed by atoms with Crippen molar-refractivity contribution in [3.05, 3.63) is 256 Å². The number of hydrogen-bond donors (Lipinski definition) is 0. The molecule has 0 bridgehead atoms. The first-order valence-corrected chi connectivity index (χ1v) is 32.8. The Morgan fingerprint density at radius 1 is 0.410 bits per heavy atom. The van der Waals surface area contributed by atoms with Crippen molar-refractivity contribution in [1.29, 1.82) is 0 Å². The largest absolute Gasteiger partial charge is 0.496 e. The summed E-state index contributed by atoms with van der Waals surface area (Å²) in [7, 11) is 4.92. The average Bonchev–Trinajstić information content (AvgIpc) is 1.23. The van der Waals surface area contributed by atoms with Crippen molar-refractivity contribution >= 4 is 58.6 Å². The standard InChI is InChI=1S/2C29H26O4.C16H14O3.C13H12O.B/c1-4-33-29(30)25-18(2)22-16-32-17-23(22)26(20-11-6-5-7-12-20)28(25)27-21-13-9-8-10-19(21)14-15-24(27)31-3;1-4-33-29(30)28-25(27-21-13-9-8-10-19(21)14-15-24(27)31-3)18(2)22-16-32-17-23(22)26(28)20-11-6-5-7-12-20;1-3-19-16(17)11-9-14-13-7-5-4-6-12(13)8-10-15(14)18-2;1-2-3-11-14-12-7-10-13-8-5-4-6-9-13;/h2*5-15H,4,16-17H2,1-3H3;4-8,10H,3H2,1-2H3;4-6,8-9H,11-12H2,1H3;. The Hall–Kier alpha value is -11.4. The first kappa shape index (κ1) is 72.9. The third-order valence-corrected chi connectivity index (χ3v) is 17.0. The van der Waals surface area contributed by atoms with Crippen molar-refractivity contribution in [2.45, 2.75) is 68.0 Å². The number of methoxy groups -OCH3 is 3. The summed E-state index contributed by atoms with van der Waals surface area (Å²) in [6.45, 7) is 15.1. The van der Waals surface area contributed by atoms with Crippen molar-refractivity contribution in [3.63, 3.8) is 0 Å². The molecule has 0 saturated heterocycles. The summed E-state index contributed by atoms with van der Waals surface area (Å²) >= 11 is 0. The Kier molecular flexibility index (Phi) is 26.1. The number of rotatable bonds is 14. The Morgan fingerprint density at radius 3 is 1.37 bits per heavy atom. The molecular formula is C87H78BO12. The van der Waals surface area contributed by atoms with Gasteiger partial charge in [0.1, 0.15) is 30.5 Å². The lowest BCUT2D eigenvalue weighted by atomic mass is 9.80. The number of benzene rings is 11. The van der Waals surface area contributed by atoms with Crippen LogP contribution in [0.4, 0.5) is 0 Å². The predicted octanol–water partition coefficient (Wildman–Crippen LogP) is 17.9. The van der Waals surface area contributed by atoms with Crippen LogP contribution in [0.2, 0.25) is 0 Å². The third-order valence-electron chi connectivity index (χ3n) is 17.0. The van der Waals surface area contributed by atoms with E-state index in [-0.39, 0.29) is 20.4 Å². The minimum atomic E-state index is -0.530. The molecule has 2 heterocycles. The molecular weight excluding hydrogens is 1250 g/mol. The normalized spacial score (nSPS) is 11.2. The van der Waals surface area contributed by atoms with E-state index in [0.29, 0.717) is 81.9 Å². The van der Waals surface area contributed by atoms with E-state index in [0.717, 1.165) is 127 Å². The molecule has 0 aromatic heterocycles. The summed E-state index contributed by atoms with van der Waals surface area (Å²) in [5, 5.41) is 6.23. The van der Waals surface area contributed by atoms with E-state index >= 15 is 0 Å². The van der Waals surface area contributed by atoms with E-state index in [9.17, 15) is 14.4 Å². The Morgan fingerprint density at radius 2 is 0.840 bits per heavy atom. The van der Waals surface area contributed by atoms with Crippen LogP contribution in [-0.2, 0) is 59.6 Å². The van der Waals surface area contributed by atoms with E-state index < -0.39 is 5.97 Å². The number of hydrogen-bond acceptors (Lipinski definition) is 12. The van der Waals surface area contributed by atoms with E-state index in [1.165, 1.54) is 0 Å². The second-order valence-electron chi connectivity index (χ2n) is 22.7. The van der Waals surface area contributed by atoms with Gasteiger partial charge in [-0.2, -0.15) is 0 Å². The molecule has 501 valence electrons. The molecule has 12 nitrogen and oxygen atoms in total. The van der Waals surface area contributed by atoms with Crippen molar-refractivity contribution in [3.8, 4) is 97.3 Å². The molecule has 0 amide bonds. The molecule has 100 heavy (non-hydrogen) atoms. The van der Waals surface area contributed by atoms with E-state index in [2.05, 4.69) is 78.8 Å². The number of carbonyl (C=O) groups excluding carboxylic acids is 3. The molecule has 0 unspecified atom stereocenters. The van der Waals surface area contributed by atoms with Crippen molar-refractivity contribution in [1.82, 2.24) is 0 Å². The molecule has 11 aromatic rings. The molecule has 2 aliphatic heterocycles. The SMILES string of the molecule is CC#CCOCC#Cc1ccccc1.CCOC(=O)C#Cc1c(OC)ccc2ccccc12.CCOC(=O)c1c(-c2c(OC)ccc3ccccc23)c(C)c2c(c1-c1ccccc1)COC2.CCOC(=O)c1c(C)c2c(c(-c3ccccc3)c1-c1c(OC)ccc3ccccc13)COC2.[B]. The van der Waals surface area contributed by atoms with Gasteiger partial charge >= 0.3 is 17.9 Å². The summed E-state index contributed by atoms with van der Waals surface area (Å²) < 4.78 is 50.0. The van der Waals surface area contributed by atoms with Gasteiger partial charge in [-0.1, -0.05) is 194 Å². The van der Waals surface area contributed by atoms with Crippen LogP contribution in [0.3, 0.4) is 0 Å². The number of ether oxygens (including phenoxy) is 9. The summed E-state index contributed by atoms with van der Waals surface area (Å²) in [5.74, 6) is 17.7. The van der Waals surface area contributed by atoms with Crippen molar-refractivity contribution < 1.29 is 57.0 Å². The molecule has 3 radical (unpaired) electrons. The highest BCUT2D eigenvalue weighted by molar-refractivity contribution is 6.13. The van der Waals surface area contributed by atoms with Gasteiger partial charge in [0.2, 0.25) is 0 Å². The molecule has 0 atom stereocenters.